The number of hydrogen-bond donors (Lipinski definition) is 1. The third-order valence-corrected chi connectivity index (χ3v) is 6.01. The summed E-state index contributed by atoms with van der Waals surface area (Å²) >= 11 is 6.03. The summed E-state index contributed by atoms with van der Waals surface area (Å²) in [4.78, 5) is 0. The Bertz CT molecular complexity index is 366. The van der Waals surface area contributed by atoms with Gasteiger partial charge < -0.3 is 0 Å². The predicted octanol–water partition coefficient (Wildman–Crippen LogP) is 2.10. The largest absolute Gasteiger partial charge is 0.279 e. The molecule has 1 heterocycles. The van der Waals surface area contributed by atoms with Crippen molar-refractivity contribution in [1.82, 2.24) is 9.03 Å². The van der Waals surface area contributed by atoms with Crippen LogP contribution in [-0.4, -0.2) is 37.2 Å². The van der Waals surface area contributed by atoms with E-state index in [1.165, 1.54) is 0 Å². The van der Waals surface area contributed by atoms with Gasteiger partial charge in [0.2, 0.25) is 0 Å². The Morgan fingerprint density at radius 3 is 2.44 bits per heavy atom. The summed E-state index contributed by atoms with van der Waals surface area (Å²) in [6.07, 6.45) is 5.63. The van der Waals surface area contributed by atoms with Crippen molar-refractivity contribution in [2.75, 3.05) is 13.1 Å². The van der Waals surface area contributed by atoms with Crippen LogP contribution in [0.5, 0.6) is 0 Å². The summed E-state index contributed by atoms with van der Waals surface area (Å²) in [5.41, 5.74) is 0. The highest BCUT2D eigenvalue weighted by Crippen LogP contribution is 2.24. The number of halogens is 1. The van der Waals surface area contributed by atoms with Crippen molar-refractivity contribution in [2.45, 2.75) is 56.9 Å². The molecule has 0 amide bonds. The third-order valence-electron chi connectivity index (χ3n) is 3.93. The zero-order valence-electron chi connectivity index (χ0n) is 10.9. The van der Waals surface area contributed by atoms with E-state index in [1.807, 2.05) is 0 Å². The lowest BCUT2D eigenvalue weighted by atomic mass is 9.96. The van der Waals surface area contributed by atoms with Crippen LogP contribution in [0.1, 0.15) is 45.4 Å². The Kier molecular flexibility index (Phi) is 4.92. The van der Waals surface area contributed by atoms with Crippen LogP contribution in [0.2, 0.25) is 0 Å². The Morgan fingerprint density at radius 1 is 1.17 bits per heavy atom. The van der Waals surface area contributed by atoms with E-state index in [0.29, 0.717) is 19.0 Å². The molecule has 0 aromatic heterocycles. The topological polar surface area (TPSA) is 49.4 Å². The van der Waals surface area contributed by atoms with Crippen LogP contribution < -0.4 is 4.72 Å². The normalized spacial score (nSPS) is 35.6. The van der Waals surface area contributed by atoms with Gasteiger partial charge >= 0.3 is 0 Å². The van der Waals surface area contributed by atoms with Crippen molar-refractivity contribution in [1.29, 1.82) is 0 Å². The van der Waals surface area contributed by atoms with Gasteiger partial charge in [0, 0.05) is 24.5 Å². The zero-order valence-corrected chi connectivity index (χ0v) is 12.5. The molecule has 2 fully saturated rings. The summed E-state index contributed by atoms with van der Waals surface area (Å²) in [5, 5.41) is 0.223. The van der Waals surface area contributed by atoms with Gasteiger partial charge in [-0.3, -0.25) is 0 Å². The van der Waals surface area contributed by atoms with Gasteiger partial charge in [0.15, 0.2) is 0 Å². The first-order valence-corrected chi connectivity index (χ1v) is 8.76. The molecule has 1 aliphatic heterocycles. The maximum absolute atomic E-state index is 12.3. The monoisotopic (exact) mass is 294 g/mol. The fraction of sp³-hybridized carbons (Fsp3) is 1.00. The number of hydrogen-bond acceptors (Lipinski definition) is 2. The first kappa shape index (κ1) is 14.6. The number of nitrogens with zero attached hydrogens (tertiary/aromatic N) is 1. The minimum atomic E-state index is -3.29. The van der Waals surface area contributed by atoms with Crippen LogP contribution >= 0.6 is 11.6 Å². The van der Waals surface area contributed by atoms with E-state index in [1.54, 1.807) is 4.31 Å². The highest BCUT2D eigenvalue weighted by atomic mass is 35.5. The highest BCUT2D eigenvalue weighted by Gasteiger charge is 2.30. The van der Waals surface area contributed by atoms with Gasteiger partial charge in [-0.05, 0) is 44.4 Å². The summed E-state index contributed by atoms with van der Waals surface area (Å²) in [5.74, 6) is 0.467. The van der Waals surface area contributed by atoms with Gasteiger partial charge in [-0.25, -0.2) is 0 Å². The minimum absolute atomic E-state index is 0.0715. The SMILES string of the molecule is CC1CCCN(S(=O)(=O)NC2CCC(Cl)CC2)C1. The summed E-state index contributed by atoms with van der Waals surface area (Å²) in [6.45, 7) is 3.42. The van der Waals surface area contributed by atoms with Crippen LogP contribution in [0.15, 0.2) is 0 Å². The van der Waals surface area contributed by atoms with E-state index in [-0.39, 0.29) is 11.4 Å². The second kappa shape index (κ2) is 6.07. The fourth-order valence-corrected chi connectivity index (χ4v) is 4.70. The van der Waals surface area contributed by atoms with Crippen molar-refractivity contribution in [2.24, 2.45) is 5.92 Å². The quantitative estimate of drug-likeness (QED) is 0.811. The van der Waals surface area contributed by atoms with Crippen molar-refractivity contribution in [3.63, 3.8) is 0 Å². The molecule has 1 saturated carbocycles. The van der Waals surface area contributed by atoms with Crippen LogP contribution in [0, 0.1) is 5.92 Å². The molecule has 18 heavy (non-hydrogen) atoms. The van der Waals surface area contributed by atoms with Crippen LogP contribution in [0.4, 0.5) is 0 Å². The average Bonchev–Trinajstić information content (AvgIpc) is 2.32. The first-order valence-electron chi connectivity index (χ1n) is 6.89. The van der Waals surface area contributed by atoms with Gasteiger partial charge in [0.1, 0.15) is 0 Å². The van der Waals surface area contributed by atoms with Gasteiger partial charge in [-0.15, -0.1) is 11.6 Å². The average molecular weight is 295 g/mol. The van der Waals surface area contributed by atoms with Crippen LogP contribution in [0.3, 0.4) is 0 Å². The molecule has 0 radical (unpaired) electrons. The summed E-state index contributed by atoms with van der Waals surface area (Å²) < 4.78 is 29.0. The maximum Gasteiger partial charge on any atom is 0.279 e. The molecule has 106 valence electrons. The smallest absolute Gasteiger partial charge is 0.199 e. The van der Waals surface area contributed by atoms with Gasteiger partial charge in [-0.2, -0.15) is 17.4 Å². The highest BCUT2D eigenvalue weighted by molar-refractivity contribution is 7.87. The van der Waals surface area contributed by atoms with Gasteiger partial charge in [-0.1, -0.05) is 6.92 Å². The molecule has 0 aromatic carbocycles. The minimum Gasteiger partial charge on any atom is -0.199 e. The summed E-state index contributed by atoms with van der Waals surface area (Å²) in [6, 6.07) is 0.0715. The van der Waals surface area contributed by atoms with Crippen molar-refractivity contribution in [3.05, 3.63) is 0 Å². The molecule has 0 bridgehead atoms. The van der Waals surface area contributed by atoms with Crippen molar-refractivity contribution < 1.29 is 8.42 Å². The molecule has 4 nitrogen and oxygen atoms in total. The summed E-state index contributed by atoms with van der Waals surface area (Å²) in [7, 11) is -3.29. The lowest BCUT2D eigenvalue weighted by Crippen LogP contribution is -2.49. The third kappa shape index (κ3) is 3.83. The van der Waals surface area contributed by atoms with E-state index >= 15 is 0 Å². The second-order valence-corrected chi connectivity index (χ2v) is 8.00. The lowest BCUT2D eigenvalue weighted by molar-refractivity contribution is 0.274. The van der Waals surface area contributed by atoms with Crippen LogP contribution in [-0.2, 0) is 10.2 Å². The van der Waals surface area contributed by atoms with Crippen LogP contribution in [0.25, 0.3) is 0 Å². The maximum atomic E-state index is 12.3. The molecule has 1 atom stereocenters. The molecule has 1 saturated heterocycles. The van der Waals surface area contributed by atoms with E-state index in [4.69, 9.17) is 11.6 Å². The molecule has 6 heteroatoms. The number of alkyl halides is 1. The molecule has 0 spiro atoms. The molecule has 1 N–H and O–H groups in total. The molecule has 2 rings (SSSR count). The Balaban J connectivity index is 1.90. The van der Waals surface area contributed by atoms with Crippen molar-refractivity contribution >= 4 is 21.8 Å². The van der Waals surface area contributed by atoms with E-state index in [9.17, 15) is 8.42 Å². The standard InChI is InChI=1S/C12H23ClN2O2S/c1-10-3-2-8-15(9-10)18(16,17)14-12-6-4-11(13)5-7-12/h10-12,14H,2-9H2,1H3. The number of piperidine rings is 1. The molecule has 2 aliphatic rings. The van der Waals surface area contributed by atoms with Crippen molar-refractivity contribution in [3.8, 4) is 0 Å². The first-order chi connectivity index (χ1) is 8.47. The molecule has 0 aromatic rings. The lowest BCUT2D eigenvalue weighted by Gasteiger charge is -2.33. The Labute approximate surface area is 115 Å². The number of nitrogens with one attached hydrogen (secondary N) is 1. The van der Waals surface area contributed by atoms with E-state index in [0.717, 1.165) is 38.5 Å². The predicted molar refractivity (Wildman–Crippen MR) is 73.9 cm³/mol. The zero-order chi connectivity index (χ0) is 13.2. The molecular weight excluding hydrogens is 272 g/mol. The molecule has 1 aliphatic carbocycles. The molecular formula is C12H23ClN2O2S. The van der Waals surface area contributed by atoms with Gasteiger partial charge in [0.05, 0.1) is 0 Å². The molecule has 1 unspecified atom stereocenters. The second-order valence-electron chi connectivity index (χ2n) is 5.68. The Hall–Kier alpha value is 0.160. The van der Waals surface area contributed by atoms with E-state index in [2.05, 4.69) is 11.6 Å². The van der Waals surface area contributed by atoms with E-state index < -0.39 is 10.2 Å². The number of rotatable bonds is 3. The fourth-order valence-electron chi connectivity index (χ4n) is 2.82. The van der Waals surface area contributed by atoms with Gasteiger partial charge in [0.25, 0.3) is 10.2 Å². The Morgan fingerprint density at radius 2 is 1.83 bits per heavy atom.